The molecule has 1 aromatic carbocycles. The number of aryl methyl sites for hydroxylation is 2. The average Bonchev–Trinajstić information content (AvgIpc) is 2.66. The van der Waals surface area contributed by atoms with E-state index >= 15 is 0 Å². The van der Waals surface area contributed by atoms with Crippen LogP contribution in [0.5, 0.6) is 5.75 Å². The highest BCUT2D eigenvalue weighted by Crippen LogP contribution is 2.28. The van der Waals surface area contributed by atoms with Gasteiger partial charge in [0.1, 0.15) is 12.4 Å². The van der Waals surface area contributed by atoms with Crippen LogP contribution < -0.4 is 10.5 Å². The van der Waals surface area contributed by atoms with E-state index in [-0.39, 0.29) is 6.04 Å². The summed E-state index contributed by atoms with van der Waals surface area (Å²) in [5.74, 6) is 0.817. The van der Waals surface area contributed by atoms with Crippen LogP contribution in [0.2, 0.25) is 0 Å². The maximum atomic E-state index is 5.97. The van der Waals surface area contributed by atoms with Crippen LogP contribution >= 0.6 is 15.9 Å². The minimum Gasteiger partial charge on any atom is -0.487 e. The van der Waals surface area contributed by atoms with Crippen molar-refractivity contribution in [2.24, 2.45) is 12.8 Å². The lowest BCUT2D eigenvalue weighted by atomic mass is 10.1. The van der Waals surface area contributed by atoms with E-state index in [9.17, 15) is 0 Å². The molecule has 0 spiro atoms. The van der Waals surface area contributed by atoms with Crippen LogP contribution in [0.15, 0.2) is 28.7 Å². The van der Waals surface area contributed by atoms with Crippen LogP contribution in [0.1, 0.15) is 29.9 Å². The van der Waals surface area contributed by atoms with E-state index < -0.39 is 0 Å². The van der Waals surface area contributed by atoms with Gasteiger partial charge in [-0.05, 0) is 38.1 Å². The third-order valence-electron chi connectivity index (χ3n) is 2.94. The molecule has 0 bridgehead atoms. The number of benzene rings is 1. The number of nitrogens with two attached hydrogens (primary N) is 1. The van der Waals surface area contributed by atoms with E-state index in [4.69, 9.17) is 10.5 Å². The van der Waals surface area contributed by atoms with Gasteiger partial charge in [-0.2, -0.15) is 5.10 Å². The molecule has 2 aromatic rings. The molecule has 0 saturated heterocycles. The molecule has 2 rings (SSSR count). The SMILES string of the molecule is Cc1cc(COc2ccc(Br)cc2[C@H](C)N)n(C)n1. The Balaban J connectivity index is 2.17. The molecule has 0 fully saturated rings. The highest BCUT2D eigenvalue weighted by atomic mass is 79.9. The van der Waals surface area contributed by atoms with Gasteiger partial charge in [-0.15, -0.1) is 0 Å². The second-order valence-corrected chi connectivity index (χ2v) is 5.58. The molecular weight excluding hydrogens is 306 g/mol. The lowest BCUT2D eigenvalue weighted by Gasteiger charge is -2.14. The van der Waals surface area contributed by atoms with E-state index in [0.717, 1.165) is 27.2 Å². The van der Waals surface area contributed by atoms with Crippen molar-refractivity contribution in [2.75, 3.05) is 0 Å². The molecule has 102 valence electrons. The van der Waals surface area contributed by atoms with Crippen LogP contribution in [0, 0.1) is 6.92 Å². The smallest absolute Gasteiger partial charge is 0.130 e. The number of aromatic nitrogens is 2. The molecular formula is C14H18BrN3O. The van der Waals surface area contributed by atoms with Crippen molar-refractivity contribution in [3.63, 3.8) is 0 Å². The minimum atomic E-state index is -0.0687. The monoisotopic (exact) mass is 323 g/mol. The predicted molar refractivity (Wildman–Crippen MR) is 79.0 cm³/mol. The standard InChI is InChI=1S/C14H18BrN3O/c1-9-6-12(18(3)17-9)8-19-14-5-4-11(15)7-13(14)10(2)16/h4-7,10H,8,16H2,1-3H3/t10-/m0/s1. The van der Waals surface area contributed by atoms with Gasteiger partial charge in [0.25, 0.3) is 0 Å². The molecule has 0 aliphatic carbocycles. The summed E-state index contributed by atoms with van der Waals surface area (Å²) in [6.45, 7) is 4.40. The summed E-state index contributed by atoms with van der Waals surface area (Å²) in [7, 11) is 1.92. The normalized spacial score (nSPS) is 12.5. The number of nitrogens with zero attached hydrogens (tertiary/aromatic N) is 2. The molecule has 1 aromatic heterocycles. The molecule has 0 unspecified atom stereocenters. The zero-order valence-corrected chi connectivity index (χ0v) is 12.9. The lowest BCUT2D eigenvalue weighted by Crippen LogP contribution is -2.09. The summed E-state index contributed by atoms with van der Waals surface area (Å²) in [6.07, 6.45) is 0. The van der Waals surface area contributed by atoms with Gasteiger partial charge in [0, 0.05) is 23.1 Å². The van der Waals surface area contributed by atoms with Gasteiger partial charge < -0.3 is 10.5 Å². The average molecular weight is 324 g/mol. The van der Waals surface area contributed by atoms with Crippen LogP contribution in [0.25, 0.3) is 0 Å². The molecule has 5 heteroatoms. The van der Waals surface area contributed by atoms with Crippen molar-refractivity contribution in [2.45, 2.75) is 26.5 Å². The molecule has 0 aliphatic rings. The third-order valence-corrected chi connectivity index (χ3v) is 3.43. The first kappa shape index (κ1) is 14.1. The molecule has 0 radical (unpaired) electrons. The number of rotatable bonds is 4. The van der Waals surface area contributed by atoms with Gasteiger partial charge in [0.15, 0.2) is 0 Å². The van der Waals surface area contributed by atoms with Gasteiger partial charge in [-0.1, -0.05) is 15.9 Å². The fourth-order valence-corrected chi connectivity index (χ4v) is 2.34. The predicted octanol–water partition coefficient (Wildman–Crippen LogP) is 3.09. The first-order valence-corrected chi connectivity index (χ1v) is 6.94. The van der Waals surface area contributed by atoms with Gasteiger partial charge in [0.2, 0.25) is 0 Å². The number of ether oxygens (including phenoxy) is 1. The summed E-state index contributed by atoms with van der Waals surface area (Å²) in [4.78, 5) is 0. The van der Waals surface area contributed by atoms with Crippen LogP contribution in [0.3, 0.4) is 0 Å². The molecule has 0 amide bonds. The van der Waals surface area contributed by atoms with Gasteiger partial charge in [-0.25, -0.2) is 0 Å². The summed E-state index contributed by atoms with van der Waals surface area (Å²) in [6, 6.07) is 7.83. The fraction of sp³-hybridized carbons (Fsp3) is 0.357. The Hall–Kier alpha value is -1.33. The Bertz CT molecular complexity index is 578. The Labute approximate surface area is 121 Å². The molecule has 0 saturated carbocycles. The molecule has 1 heterocycles. The quantitative estimate of drug-likeness (QED) is 0.940. The van der Waals surface area contributed by atoms with Crippen LogP contribution in [-0.2, 0) is 13.7 Å². The fourth-order valence-electron chi connectivity index (χ4n) is 1.96. The summed E-state index contributed by atoms with van der Waals surface area (Å²) >= 11 is 3.45. The first-order valence-electron chi connectivity index (χ1n) is 6.14. The van der Waals surface area contributed by atoms with E-state index in [2.05, 4.69) is 21.0 Å². The summed E-state index contributed by atoms with van der Waals surface area (Å²) in [5.41, 5.74) is 8.99. The third kappa shape index (κ3) is 3.36. The number of halogens is 1. The highest BCUT2D eigenvalue weighted by Gasteiger charge is 2.10. The van der Waals surface area contributed by atoms with Crippen molar-refractivity contribution in [1.29, 1.82) is 0 Å². The van der Waals surface area contributed by atoms with Crippen LogP contribution in [-0.4, -0.2) is 9.78 Å². The van der Waals surface area contributed by atoms with E-state index in [1.807, 2.05) is 49.8 Å². The van der Waals surface area contributed by atoms with Crippen molar-refractivity contribution in [1.82, 2.24) is 9.78 Å². The molecule has 0 aliphatic heterocycles. The Kier molecular flexibility index (Phi) is 4.27. The minimum absolute atomic E-state index is 0.0687. The Morgan fingerprint density at radius 3 is 2.74 bits per heavy atom. The molecule has 19 heavy (non-hydrogen) atoms. The van der Waals surface area contributed by atoms with E-state index in [1.54, 1.807) is 0 Å². The van der Waals surface area contributed by atoms with Gasteiger partial charge in [0.05, 0.1) is 11.4 Å². The molecule has 4 nitrogen and oxygen atoms in total. The Morgan fingerprint density at radius 2 is 2.16 bits per heavy atom. The van der Waals surface area contributed by atoms with Gasteiger partial charge in [-0.3, -0.25) is 4.68 Å². The van der Waals surface area contributed by atoms with Crippen LogP contribution in [0.4, 0.5) is 0 Å². The van der Waals surface area contributed by atoms with Crippen molar-refractivity contribution in [3.8, 4) is 5.75 Å². The van der Waals surface area contributed by atoms with Gasteiger partial charge >= 0.3 is 0 Å². The topological polar surface area (TPSA) is 53.1 Å². The first-order chi connectivity index (χ1) is 8.97. The van der Waals surface area contributed by atoms with Crippen molar-refractivity contribution in [3.05, 3.63) is 45.7 Å². The summed E-state index contributed by atoms with van der Waals surface area (Å²) in [5, 5.41) is 4.30. The zero-order chi connectivity index (χ0) is 14.0. The van der Waals surface area contributed by atoms with E-state index in [1.165, 1.54) is 0 Å². The molecule has 2 N–H and O–H groups in total. The number of hydrogen-bond acceptors (Lipinski definition) is 3. The Morgan fingerprint density at radius 1 is 1.42 bits per heavy atom. The number of hydrogen-bond donors (Lipinski definition) is 1. The van der Waals surface area contributed by atoms with E-state index in [0.29, 0.717) is 6.61 Å². The van der Waals surface area contributed by atoms with Crippen molar-refractivity contribution >= 4 is 15.9 Å². The maximum Gasteiger partial charge on any atom is 0.130 e. The zero-order valence-electron chi connectivity index (χ0n) is 11.4. The second-order valence-electron chi connectivity index (χ2n) is 4.66. The second kappa shape index (κ2) is 5.75. The highest BCUT2D eigenvalue weighted by molar-refractivity contribution is 9.10. The van der Waals surface area contributed by atoms with Crippen molar-refractivity contribution < 1.29 is 4.74 Å². The lowest BCUT2D eigenvalue weighted by molar-refractivity contribution is 0.290. The molecule has 1 atom stereocenters. The maximum absolute atomic E-state index is 5.97. The summed E-state index contributed by atoms with van der Waals surface area (Å²) < 4.78 is 8.71. The largest absolute Gasteiger partial charge is 0.487 e.